The van der Waals surface area contributed by atoms with Crippen LogP contribution < -0.4 is 5.32 Å². The number of carbonyl (C=O) groups excluding carboxylic acids is 1. The Balaban J connectivity index is 1.48. The molecule has 132 valence electrons. The summed E-state index contributed by atoms with van der Waals surface area (Å²) in [6.07, 6.45) is 8.99. The number of hydrogen-bond acceptors (Lipinski definition) is 2. The van der Waals surface area contributed by atoms with Crippen LogP contribution >= 0.6 is 0 Å². The molecule has 1 N–H and O–H groups in total. The minimum absolute atomic E-state index is 0.0789. The first-order valence-electron chi connectivity index (χ1n) is 9.47. The lowest BCUT2D eigenvalue weighted by atomic mass is 9.64. The van der Waals surface area contributed by atoms with Gasteiger partial charge in [0.05, 0.1) is 5.41 Å². The fourth-order valence-corrected chi connectivity index (χ4v) is 4.00. The SMILES string of the molecule is O=C(NCCCN1CCCCCC1)C1(c2cccc(F)c2)CCC1. The van der Waals surface area contributed by atoms with Crippen molar-refractivity contribution < 1.29 is 9.18 Å². The van der Waals surface area contributed by atoms with E-state index in [0.717, 1.165) is 37.8 Å². The van der Waals surface area contributed by atoms with Crippen molar-refractivity contribution in [2.45, 2.75) is 56.8 Å². The molecule has 0 atom stereocenters. The Labute approximate surface area is 144 Å². The Bertz CT molecular complexity index is 548. The van der Waals surface area contributed by atoms with E-state index < -0.39 is 5.41 Å². The number of nitrogens with zero attached hydrogens (tertiary/aromatic N) is 1. The van der Waals surface area contributed by atoms with Crippen LogP contribution in [0.15, 0.2) is 24.3 Å². The predicted molar refractivity (Wildman–Crippen MR) is 94.5 cm³/mol. The van der Waals surface area contributed by atoms with Gasteiger partial charge in [-0.15, -0.1) is 0 Å². The quantitative estimate of drug-likeness (QED) is 0.807. The molecule has 1 amide bonds. The minimum atomic E-state index is -0.495. The molecule has 0 bridgehead atoms. The smallest absolute Gasteiger partial charge is 0.230 e. The Hall–Kier alpha value is -1.42. The van der Waals surface area contributed by atoms with E-state index in [1.807, 2.05) is 6.07 Å². The normalized spacial score (nSPS) is 20.9. The number of rotatable bonds is 6. The summed E-state index contributed by atoms with van der Waals surface area (Å²) in [5.74, 6) is -0.178. The van der Waals surface area contributed by atoms with Gasteiger partial charge in [0.1, 0.15) is 5.82 Å². The molecular weight excluding hydrogens is 303 g/mol. The van der Waals surface area contributed by atoms with Gasteiger partial charge in [0.2, 0.25) is 5.91 Å². The lowest BCUT2D eigenvalue weighted by molar-refractivity contribution is -0.129. The summed E-state index contributed by atoms with van der Waals surface area (Å²) in [6.45, 7) is 4.17. The summed E-state index contributed by atoms with van der Waals surface area (Å²) in [5.41, 5.74) is 0.337. The molecule has 1 aromatic rings. The highest BCUT2D eigenvalue weighted by Gasteiger charge is 2.45. The topological polar surface area (TPSA) is 32.3 Å². The zero-order valence-electron chi connectivity index (χ0n) is 14.5. The number of halogens is 1. The maximum atomic E-state index is 13.5. The Kier molecular flexibility index (Phi) is 5.88. The van der Waals surface area contributed by atoms with E-state index in [2.05, 4.69) is 10.2 Å². The molecule has 0 aromatic heterocycles. The van der Waals surface area contributed by atoms with Gasteiger partial charge in [0.15, 0.2) is 0 Å². The predicted octanol–water partition coefficient (Wildman–Crippen LogP) is 3.63. The molecule has 0 spiro atoms. The van der Waals surface area contributed by atoms with Gasteiger partial charge in [-0.25, -0.2) is 4.39 Å². The van der Waals surface area contributed by atoms with E-state index in [1.54, 1.807) is 6.07 Å². The molecule has 1 aliphatic carbocycles. The van der Waals surface area contributed by atoms with Gasteiger partial charge in [-0.1, -0.05) is 31.4 Å². The molecule has 0 unspecified atom stereocenters. The van der Waals surface area contributed by atoms with Gasteiger partial charge in [0.25, 0.3) is 0 Å². The molecule has 0 radical (unpaired) electrons. The molecule has 1 aliphatic heterocycles. The number of carbonyl (C=O) groups is 1. The van der Waals surface area contributed by atoms with E-state index in [0.29, 0.717) is 6.54 Å². The van der Waals surface area contributed by atoms with Crippen molar-refractivity contribution >= 4 is 5.91 Å². The van der Waals surface area contributed by atoms with Crippen LogP contribution in [0.3, 0.4) is 0 Å². The molecular formula is C20H29FN2O. The van der Waals surface area contributed by atoms with Crippen molar-refractivity contribution in [1.29, 1.82) is 0 Å². The Morgan fingerprint density at radius 1 is 1.12 bits per heavy atom. The van der Waals surface area contributed by atoms with Gasteiger partial charge in [-0.2, -0.15) is 0 Å². The largest absolute Gasteiger partial charge is 0.355 e. The minimum Gasteiger partial charge on any atom is -0.355 e. The summed E-state index contributed by atoms with van der Waals surface area (Å²) >= 11 is 0. The van der Waals surface area contributed by atoms with Crippen molar-refractivity contribution in [3.8, 4) is 0 Å². The standard InChI is InChI=1S/C20H29FN2O/c21-18-9-5-8-17(16-18)20(10-6-11-20)19(24)22-12-7-15-23-13-3-1-2-4-14-23/h5,8-9,16H,1-4,6-7,10-15H2,(H,22,24). The lowest BCUT2D eigenvalue weighted by Crippen LogP contribution is -2.49. The third kappa shape index (κ3) is 3.97. The van der Waals surface area contributed by atoms with E-state index in [9.17, 15) is 9.18 Å². The van der Waals surface area contributed by atoms with E-state index in [4.69, 9.17) is 0 Å². The van der Waals surface area contributed by atoms with Crippen LogP contribution in [0.2, 0.25) is 0 Å². The highest BCUT2D eigenvalue weighted by molar-refractivity contribution is 5.89. The number of amides is 1. The van der Waals surface area contributed by atoms with Crippen molar-refractivity contribution in [2.24, 2.45) is 0 Å². The van der Waals surface area contributed by atoms with Crippen molar-refractivity contribution in [3.05, 3.63) is 35.6 Å². The zero-order valence-corrected chi connectivity index (χ0v) is 14.5. The van der Waals surface area contributed by atoms with Crippen LogP contribution in [-0.2, 0) is 10.2 Å². The van der Waals surface area contributed by atoms with Crippen molar-refractivity contribution in [3.63, 3.8) is 0 Å². The molecule has 3 nitrogen and oxygen atoms in total. The van der Waals surface area contributed by atoms with Crippen LogP contribution in [-0.4, -0.2) is 37.0 Å². The summed E-state index contributed by atoms with van der Waals surface area (Å²) in [5, 5.41) is 3.11. The highest BCUT2D eigenvalue weighted by Crippen LogP contribution is 2.44. The first-order valence-corrected chi connectivity index (χ1v) is 9.47. The van der Waals surface area contributed by atoms with Crippen LogP contribution in [0.1, 0.15) is 56.9 Å². The first-order chi connectivity index (χ1) is 11.7. The van der Waals surface area contributed by atoms with Crippen LogP contribution in [0, 0.1) is 5.82 Å². The monoisotopic (exact) mass is 332 g/mol. The average Bonchev–Trinajstić information content (AvgIpc) is 2.79. The van der Waals surface area contributed by atoms with Gasteiger partial charge in [-0.3, -0.25) is 4.79 Å². The fraction of sp³-hybridized carbons (Fsp3) is 0.650. The molecule has 1 saturated heterocycles. The fourth-order valence-electron chi connectivity index (χ4n) is 4.00. The summed E-state index contributed by atoms with van der Waals surface area (Å²) in [7, 11) is 0. The van der Waals surface area contributed by atoms with Crippen LogP contribution in [0.4, 0.5) is 4.39 Å². The molecule has 1 saturated carbocycles. The van der Waals surface area contributed by atoms with Gasteiger partial charge in [0, 0.05) is 6.54 Å². The molecule has 2 aliphatic rings. The molecule has 3 rings (SSSR count). The third-order valence-electron chi connectivity index (χ3n) is 5.65. The third-order valence-corrected chi connectivity index (χ3v) is 5.65. The second-order valence-electron chi connectivity index (χ2n) is 7.31. The lowest BCUT2D eigenvalue weighted by Gasteiger charge is -2.40. The summed E-state index contributed by atoms with van der Waals surface area (Å²) in [6, 6.07) is 6.56. The maximum Gasteiger partial charge on any atom is 0.230 e. The number of benzene rings is 1. The first kappa shape index (κ1) is 17.4. The average molecular weight is 332 g/mol. The summed E-state index contributed by atoms with van der Waals surface area (Å²) < 4.78 is 13.5. The zero-order chi connectivity index (χ0) is 16.8. The number of likely N-dealkylation sites (tertiary alicyclic amines) is 1. The van der Waals surface area contributed by atoms with E-state index in [1.165, 1.54) is 50.9 Å². The van der Waals surface area contributed by atoms with Crippen LogP contribution in [0.25, 0.3) is 0 Å². The van der Waals surface area contributed by atoms with Gasteiger partial charge in [-0.05, 0) is 69.4 Å². The molecule has 4 heteroatoms. The molecule has 24 heavy (non-hydrogen) atoms. The van der Waals surface area contributed by atoms with E-state index >= 15 is 0 Å². The molecule has 1 heterocycles. The van der Waals surface area contributed by atoms with Crippen molar-refractivity contribution in [2.75, 3.05) is 26.2 Å². The summed E-state index contributed by atoms with van der Waals surface area (Å²) in [4.78, 5) is 15.2. The van der Waals surface area contributed by atoms with E-state index in [-0.39, 0.29) is 11.7 Å². The number of hydrogen-bond donors (Lipinski definition) is 1. The molecule has 1 aromatic carbocycles. The van der Waals surface area contributed by atoms with Gasteiger partial charge >= 0.3 is 0 Å². The second kappa shape index (κ2) is 8.11. The number of nitrogens with one attached hydrogen (secondary N) is 1. The second-order valence-corrected chi connectivity index (χ2v) is 7.31. The molecule has 2 fully saturated rings. The highest BCUT2D eigenvalue weighted by atomic mass is 19.1. The van der Waals surface area contributed by atoms with Gasteiger partial charge < -0.3 is 10.2 Å². The Morgan fingerprint density at radius 3 is 2.50 bits per heavy atom. The van der Waals surface area contributed by atoms with Crippen LogP contribution in [0.5, 0.6) is 0 Å². The Morgan fingerprint density at radius 2 is 1.88 bits per heavy atom. The maximum absolute atomic E-state index is 13.5. The van der Waals surface area contributed by atoms with Crippen molar-refractivity contribution in [1.82, 2.24) is 10.2 Å².